The fourth-order valence-corrected chi connectivity index (χ4v) is 5.54. The predicted molar refractivity (Wildman–Crippen MR) is 105 cm³/mol. The fraction of sp³-hybridized carbons (Fsp3) is 0.643. The van der Waals surface area contributed by atoms with Crippen molar-refractivity contribution in [3.63, 3.8) is 0 Å². The summed E-state index contributed by atoms with van der Waals surface area (Å²) in [7, 11) is -2.55. The van der Waals surface area contributed by atoms with Crippen molar-refractivity contribution in [2.45, 2.75) is 43.4 Å². The number of hydrogen-bond acceptors (Lipinski definition) is 13. The van der Waals surface area contributed by atoms with Crippen LogP contribution in [-0.2, 0) is 43.9 Å². The minimum Gasteiger partial charge on any atom is -0.388 e. The summed E-state index contributed by atoms with van der Waals surface area (Å²) in [5.74, 6) is 0.219. The lowest BCUT2D eigenvalue weighted by molar-refractivity contribution is -0.0387. The Kier molecular flexibility index (Phi) is 5.78. The zero-order valence-corrected chi connectivity index (χ0v) is 18.3. The molecule has 2 aromatic rings. The third-order valence-electron chi connectivity index (χ3n) is 4.95. The number of aromatic nitrogens is 4. The molecule has 3 saturated heterocycles. The van der Waals surface area contributed by atoms with E-state index < -0.39 is 51.9 Å². The number of anilines is 1. The van der Waals surface area contributed by atoms with Gasteiger partial charge in [-0.3, -0.25) is 4.57 Å². The van der Waals surface area contributed by atoms with E-state index in [1.54, 1.807) is 4.57 Å². The van der Waals surface area contributed by atoms with Crippen molar-refractivity contribution in [2.24, 2.45) is 0 Å². The first-order chi connectivity index (χ1) is 14.8. The van der Waals surface area contributed by atoms with Gasteiger partial charge >= 0.3 is 15.0 Å². The lowest BCUT2D eigenvalue weighted by Crippen LogP contribution is -2.28. The van der Waals surface area contributed by atoms with Crippen molar-refractivity contribution in [3.05, 3.63) is 12.7 Å². The summed E-state index contributed by atoms with van der Waals surface area (Å²) < 4.78 is 46.1. The zero-order valence-electron chi connectivity index (χ0n) is 15.7. The maximum atomic E-state index is 12.1. The Morgan fingerprint density at radius 3 is 2.94 bits per heavy atom. The van der Waals surface area contributed by atoms with Crippen LogP contribution in [0.15, 0.2) is 12.7 Å². The Balaban J connectivity index is 1.38. The Hall–Kier alpha value is -1.22. The van der Waals surface area contributed by atoms with Crippen LogP contribution >= 0.6 is 15.0 Å². The van der Waals surface area contributed by atoms with Crippen molar-refractivity contribution in [2.75, 3.05) is 18.9 Å². The van der Waals surface area contributed by atoms with Crippen LogP contribution in [0, 0.1) is 0 Å². The predicted octanol–water partition coefficient (Wildman–Crippen LogP) is 0.105. The third kappa shape index (κ3) is 4.49. The van der Waals surface area contributed by atoms with Gasteiger partial charge in [-0.05, 0) is 11.8 Å². The van der Waals surface area contributed by atoms with Gasteiger partial charge < -0.3 is 34.3 Å². The number of nitrogens with two attached hydrogens (primary N) is 1. The fourth-order valence-electron chi connectivity index (χ4n) is 3.40. The highest BCUT2D eigenvalue weighted by molar-refractivity contribution is 8.07. The van der Waals surface area contributed by atoms with Gasteiger partial charge in [-0.15, -0.1) is 4.52 Å². The molecule has 5 heterocycles. The molecular weight excluding hydrogens is 476 g/mol. The highest BCUT2D eigenvalue weighted by atomic mass is 32.5. The lowest BCUT2D eigenvalue weighted by atomic mass is 10.2. The number of aliphatic hydroxyl groups excluding tert-OH is 1. The van der Waals surface area contributed by atoms with Crippen molar-refractivity contribution in [1.29, 1.82) is 0 Å². The molecule has 0 spiro atoms. The van der Waals surface area contributed by atoms with Gasteiger partial charge in [0.15, 0.2) is 11.5 Å². The van der Waals surface area contributed by atoms with E-state index in [1.165, 1.54) is 12.7 Å². The van der Waals surface area contributed by atoms with Crippen LogP contribution in [-0.4, -0.2) is 73.4 Å². The molecule has 0 amide bonds. The van der Waals surface area contributed by atoms with E-state index in [9.17, 15) is 14.6 Å². The normalized spacial score (nSPS) is 40.4. The summed E-state index contributed by atoms with van der Waals surface area (Å²) in [6.45, 7) is -4.28. The Morgan fingerprint density at radius 2 is 2.10 bits per heavy atom. The van der Waals surface area contributed by atoms with Gasteiger partial charge in [0.2, 0.25) is 6.29 Å². The molecule has 0 bridgehead atoms. The van der Waals surface area contributed by atoms with Crippen LogP contribution < -0.4 is 5.73 Å². The van der Waals surface area contributed by atoms with Crippen molar-refractivity contribution in [1.82, 2.24) is 19.5 Å². The Morgan fingerprint density at radius 1 is 1.26 bits per heavy atom. The molecule has 3 aliphatic rings. The Labute approximate surface area is 180 Å². The van der Waals surface area contributed by atoms with E-state index in [0.717, 1.165) is 0 Å². The average molecular weight is 494 g/mol. The van der Waals surface area contributed by atoms with E-state index in [1.807, 2.05) is 0 Å². The molecule has 8 atom stereocenters. The molecule has 2 aromatic heterocycles. The first-order valence-electron chi connectivity index (χ1n) is 9.15. The number of rotatable bonds is 1. The topological polar surface area (TPSA) is 186 Å². The van der Waals surface area contributed by atoms with Gasteiger partial charge in [-0.2, -0.15) is 0 Å². The molecule has 3 aliphatic heterocycles. The molecule has 31 heavy (non-hydrogen) atoms. The highest BCUT2D eigenvalue weighted by Crippen LogP contribution is 2.50. The maximum absolute atomic E-state index is 12.1. The lowest BCUT2D eigenvalue weighted by Gasteiger charge is -2.23. The van der Waals surface area contributed by atoms with Crippen LogP contribution in [0.5, 0.6) is 0 Å². The molecule has 0 aliphatic carbocycles. The molecule has 0 radical (unpaired) electrons. The van der Waals surface area contributed by atoms with Gasteiger partial charge in [0.1, 0.15) is 49.1 Å². The minimum absolute atomic E-state index is 0.185. The number of aliphatic hydroxyl groups is 1. The number of epoxide rings is 1. The molecule has 3 fully saturated rings. The van der Waals surface area contributed by atoms with Gasteiger partial charge in [0, 0.05) is 11.0 Å². The molecule has 4 N–H and O–H groups in total. The van der Waals surface area contributed by atoms with Gasteiger partial charge in [0.05, 0.1) is 12.9 Å². The molecule has 5 unspecified atom stereocenters. The van der Waals surface area contributed by atoms with Crippen LogP contribution in [0.2, 0.25) is 0 Å². The summed E-state index contributed by atoms with van der Waals surface area (Å²) in [4.78, 5) is 22.8. The smallest absolute Gasteiger partial charge is 0.388 e. The number of fused-ring (bicyclic) bond motifs is 3. The SMILES string of the molecule is Nc1ncnc2c1ncn2[C@H]1C[C@@H]2OP(O)(=S)OC[C@@H](O)C3OC3O[P+](=O)OCC2O1. The number of nitrogen functional groups attached to an aromatic ring is 1. The molecular formula is C14H18N5O9P2S+. The van der Waals surface area contributed by atoms with Crippen LogP contribution in [0.4, 0.5) is 5.82 Å². The Bertz CT molecular complexity index is 1060. The number of nitrogens with zero attached hydrogens (tertiary/aromatic N) is 4. The standard InChI is InChI=1S/C14H17N5O9P2S/c15-12-10-13(17-4-16-12)19(5-18-10)9-1-7-8(25-9)3-23-29(21)27-14-11(26-14)6(20)2-24-30(22,31)28-7/h4-9,11,14,20H,1-3H2,(H2-,15,16,17,22,31)/p+1/t6-,7+,8?,9-,11?,14?,30?/m1/s1. The summed E-state index contributed by atoms with van der Waals surface area (Å²) in [6.07, 6.45) is -1.97. The van der Waals surface area contributed by atoms with Crippen molar-refractivity contribution < 1.29 is 42.1 Å². The molecule has 168 valence electrons. The second-order valence-electron chi connectivity index (χ2n) is 7.02. The molecule has 14 nitrogen and oxygen atoms in total. The van der Waals surface area contributed by atoms with Crippen molar-refractivity contribution in [3.8, 4) is 0 Å². The van der Waals surface area contributed by atoms with E-state index in [-0.39, 0.29) is 25.5 Å². The quantitative estimate of drug-likeness (QED) is 0.358. The molecule has 0 saturated carbocycles. The van der Waals surface area contributed by atoms with Crippen molar-refractivity contribution >= 4 is 43.8 Å². The third-order valence-corrected chi connectivity index (χ3v) is 7.28. The molecule has 17 heteroatoms. The monoisotopic (exact) mass is 494 g/mol. The first-order valence-corrected chi connectivity index (χ1v) is 12.8. The van der Waals surface area contributed by atoms with Crippen LogP contribution in [0.3, 0.4) is 0 Å². The van der Waals surface area contributed by atoms with E-state index in [0.29, 0.717) is 11.2 Å². The van der Waals surface area contributed by atoms with Gasteiger partial charge in [0.25, 0.3) is 0 Å². The van der Waals surface area contributed by atoms with Crippen LogP contribution in [0.25, 0.3) is 11.2 Å². The second-order valence-corrected chi connectivity index (χ2v) is 10.7. The summed E-state index contributed by atoms with van der Waals surface area (Å²) in [5.41, 5.74) is 6.69. The van der Waals surface area contributed by atoms with E-state index in [2.05, 4.69) is 15.0 Å². The summed E-state index contributed by atoms with van der Waals surface area (Å²) in [6, 6.07) is 0. The first kappa shape index (κ1) is 21.6. The number of hydrogen-bond donors (Lipinski definition) is 3. The summed E-state index contributed by atoms with van der Waals surface area (Å²) in [5, 5.41) is 10.1. The van der Waals surface area contributed by atoms with Gasteiger partial charge in [-0.25, -0.2) is 15.0 Å². The number of imidazole rings is 1. The van der Waals surface area contributed by atoms with Crippen LogP contribution in [0.1, 0.15) is 12.6 Å². The zero-order chi connectivity index (χ0) is 21.8. The summed E-state index contributed by atoms with van der Waals surface area (Å²) >= 11 is 5.07. The average Bonchev–Trinajstić information content (AvgIpc) is 3.16. The number of ether oxygens (including phenoxy) is 2. The van der Waals surface area contributed by atoms with Gasteiger partial charge in [-0.1, -0.05) is 4.52 Å². The maximum Gasteiger partial charge on any atom is 0.700 e. The minimum atomic E-state index is -3.74. The highest BCUT2D eigenvalue weighted by Gasteiger charge is 2.53. The largest absolute Gasteiger partial charge is 0.700 e. The molecule has 5 rings (SSSR count). The van der Waals surface area contributed by atoms with E-state index >= 15 is 0 Å². The van der Waals surface area contributed by atoms with E-state index in [4.69, 9.17) is 45.1 Å². The second kappa shape index (κ2) is 8.28. The molecule has 0 aromatic carbocycles.